The summed E-state index contributed by atoms with van der Waals surface area (Å²) in [6, 6.07) is 81.9. The molecule has 0 bridgehead atoms. The quantitative estimate of drug-likeness (QED) is 0.157. The monoisotopic (exact) mass is 755 g/mol. The molecule has 2 heteroatoms. The first-order valence-electron chi connectivity index (χ1n) is 19.8. The maximum Gasteiger partial charge on any atom is 0.0468 e. The number of rotatable bonds is 7. The maximum atomic E-state index is 2.38. The lowest BCUT2D eigenvalue weighted by Gasteiger charge is -2.26. The second kappa shape index (κ2) is 14.4. The number of benzene rings is 10. The lowest BCUT2D eigenvalue weighted by Crippen LogP contribution is -2.09. The van der Waals surface area contributed by atoms with Gasteiger partial charge in [-0.2, -0.15) is 0 Å². The van der Waals surface area contributed by atoms with Crippen molar-refractivity contribution in [3.8, 4) is 44.5 Å². The number of hydrogen-bond acceptors (Lipinski definition) is 2. The van der Waals surface area contributed by atoms with Gasteiger partial charge in [0.2, 0.25) is 0 Å². The number of thiophene rings is 1. The summed E-state index contributed by atoms with van der Waals surface area (Å²) in [7, 11) is 0. The first-order valence-corrected chi connectivity index (χ1v) is 20.6. The van der Waals surface area contributed by atoms with Gasteiger partial charge in [0.1, 0.15) is 0 Å². The Morgan fingerprint density at radius 1 is 0.276 bits per heavy atom. The van der Waals surface area contributed by atoms with Crippen molar-refractivity contribution >= 4 is 70.1 Å². The Morgan fingerprint density at radius 3 is 1.66 bits per heavy atom. The zero-order valence-electron chi connectivity index (χ0n) is 31.7. The Kier molecular flexibility index (Phi) is 8.42. The van der Waals surface area contributed by atoms with Crippen LogP contribution in [-0.2, 0) is 0 Å². The van der Waals surface area contributed by atoms with Gasteiger partial charge >= 0.3 is 0 Å². The fraction of sp³-hybridized carbons (Fsp3) is 0. The average molecular weight is 756 g/mol. The summed E-state index contributed by atoms with van der Waals surface area (Å²) in [6.07, 6.45) is 0. The highest BCUT2D eigenvalue weighted by Gasteiger charge is 2.17. The number of anilines is 3. The fourth-order valence-corrected chi connectivity index (χ4v) is 9.85. The van der Waals surface area contributed by atoms with Gasteiger partial charge in [0, 0.05) is 37.2 Å². The van der Waals surface area contributed by atoms with E-state index >= 15 is 0 Å². The van der Waals surface area contributed by atoms with E-state index in [1.165, 1.54) is 86.2 Å². The van der Waals surface area contributed by atoms with Crippen molar-refractivity contribution in [1.29, 1.82) is 0 Å². The average Bonchev–Trinajstić information content (AvgIpc) is 3.69. The lowest BCUT2D eigenvalue weighted by molar-refractivity contribution is 1.29. The molecule has 11 aromatic rings. The van der Waals surface area contributed by atoms with Crippen LogP contribution in [0.15, 0.2) is 224 Å². The summed E-state index contributed by atoms with van der Waals surface area (Å²) < 4.78 is 2.66. The third-order valence-electron chi connectivity index (χ3n) is 11.5. The molecule has 0 aliphatic rings. The van der Waals surface area contributed by atoms with E-state index in [0.29, 0.717) is 0 Å². The van der Waals surface area contributed by atoms with Gasteiger partial charge in [-0.15, -0.1) is 11.3 Å². The normalized spacial score (nSPS) is 11.4. The van der Waals surface area contributed by atoms with Gasteiger partial charge in [-0.1, -0.05) is 176 Å². The summed E-state index contributed by atoms with van der Waals surface area (Å²) in [6.45, 7) is 0. The minimum absolute atomic E-state index is 1.11. The molecule has 10 aromatic carbocycles. The molecule has 0 saturated carbocycles. The van der Waals surface area contributed by atoms with Gasteiger partial charge in [0.05, 0.1) is 0 Å². The Bertz CT molecular complexity index is 3260. The van der Waals surface area contributed by atoms with E-state index in [-0.39, 0.29) is 0 Å². The van der Waals surface area contributed by atoms with Gasteiger partial charge in [-0.25, -0.2) is 0 Å². The van der Waals surface area contributed by atoms with Gasteiger partial charge in [0.15, 0.2) is 0 Å². The zero-order chi connectivity index (χ0) is 38.4. The van der Waals surface area contributed by atoms with Crippen LogP contribution in [-0.4, -0.2) is 0 Å². The first-order chi connectivity index (χ1) is 28.7. The van der Waals surface area contributed by atoms with Gasteiger partial charge in [-0.05, 0) is 115 Å². The molecule has 0 N–H and O–H groups in total. The van der Waals surface area contributed by atoms with Crippen molar-refractivity contribution in [2.24, 2.45) is 0 Å². The van der Waals surface area contributed by atoms with Crippen molar-refractivity contribution in [1.82, 2.24) is 0 Å². The molecule has 0 fully saturated rings. The van der Waals surface area contributed by atoms with Crippen LogP contribution in [0.1, 0.15) is 0 Å². The third-order valence-corrected chi connectivity index (χ3v) is 12.7. The van der Waals surface area contributed by atoms with E-state index in [0.717, 1.165) is 17.1 Å². The first kappa shape index (κ1) is 34.0. The third kappa shape index (κ3) is 6.03. The summed E-state index contributed by atoms with van der Waals surface area (Å²) in [5.41, 5.74) is 13.1. The van der Waals surface area contributed by atoms with Crippen LogP contribution < -0.4 is 4.90 Å². The molecule has 0 saturated heterocycles. The van der Waals surface area contributed by atoms with Crippen LogP contribution in [0.5, 0.6) is 0 Å². The fourth-order valence-electron chi connectivity index (χ4n) is 8.61. The molecule has 58 heavy (non-hydrogen) atoms. The zero-order valence-corrected chi connectivity index (χ0v) is 32.5. The lowest BCUT2D eigenvalue weighted by atomic mass is 9.89. The molecular formula is C56H37NS. The molecule has 0 aliphatic heterocycles. The molecular weight excluding hydrogens is 719 g/mol. The second-order valence-electron chi connectivity index (χ2n) is 14.9. The van der Waals surface area contributed by atoms with Crippen molar-refractivity contribution in [3.63, 3.8) is 0 Å². The standard InChI is InChI=1S/C56H37NS/c1-2-13-40(14-3-1)49-35-29-44(37-54(49)51-21-10-17-41-15-6-7-18-48(41)51)39-24-30-45(31-25-39)57(47-34-26-38-12-4-5-16-43(38)36-47)46-32-27-42(28-33-46)50-20-11-22-53-52-19-8-9-23-55(52)58-56(50)53/h1-37H. The van der Waals surface area contributed by atoms with Crippen LogP contribution in [0.4, 0.5) is 17.1 Å². The van der Waals surface area contributed by atoms with Crippen molar-refractivity contribution in [2.45, 2.75) is 0 Å². The molecule has 0 aliphatic carbocycles. The molecule has 1 heterocycles. The Morgan fingerprint density at radius 2 is 0.845 bits per heavy atom. The topological polar surface area (TPSA) is 3.24 Å². The summed E-state index contributed by atoms with van der Waals surface area (Å²) >= 11 is 1.88. The molecule has 1 aromatic heterocycles. The largest absolute Gasteiger partial charge is 0.310 e. The molecule has 0 atom stereocenters. The van der Waals surface area contributed by atoms with Gasteiger partial charge in [-0.3, -0.25) is 0 Å². The Balaban J connectivity index is 1.00. The Labute approximate surface area is 342 Å². The molecule has 1 nitrogen and oxygen atoms in total. The molecule has 0 spiro atoms. The molecule has 272 valence electrons. The van der Waals surface area contributed by atoms with E-state index in [9.17, 15) is 0 Å². The molecule has 11 rings (SSSR count). The maximum absolute atomic E-state index is 2.38. The van der Waals surface area contributed by atoms with E-state index in [1.807, 2.05) is 11.3 Å². The summed E-state index contributed by atoms with van der Waals surface area (Å²) in [4.78, 5) is 2.38. The van der Waals surface area contributed by atoms with Crippen LogP contribution in [0.3, 0.4) is 0 Å². The minimum atomic E-state index is 1.11. The van der Waals surface area contributed by atoms with Crippen molar-refractivity contribution in [3.05, 3.63) is 224 Å². The van der Waals surface area contributed by atoms with E-state index in [2.05, 4.69) is 229 Å². The molecule has 0 unspecified atom stereocenters. The predicted octanol–water partition coefficient (Wildman–Crippen LogP) is 16.5. The van der Waals surface area contributed by atoms with E-state index < -0.39 is 0 Å². The molecule has 0 amide bonds. The van der Waals surface area contributed by atoms with Gasteiger partial charge < -0.3 is 4.90 Å². The molecule has 0 radical (unpaired) electrons. The van der Waals surface area contributed by atoms with Crippen LogP contribution in [0.25, 0.3) is 86.2 Å². The second-order valence-corrected chi connectivity index (χ2v) is 15.9. The van der Waals surface area contributed by atoms with Crippen LogP contribution >= 0.6 is 11.3 Å². The summed E-state index contributed by atoms with van der Waals surface area (Å²) in [5.74, 6) is 0. The SMILES string of the molecule is c1ccc(-c2ccc(-c3ccc(N(c4ccc(-c5cccc6c5sc5ccccc56)cc4)c4ccc5ccccc5c4)cc3)cc2-c2cccc3ccccc23)cc1. The highest BCUT2D eigenvalue weighted by atomic mass is 32.1. The van der Waals surface area contributed by atoms with Crippen molar-refractivity contribution < 1.29 is 0 Å². The van der Waals surface area contributed by atoms with E-state index in [1.54, 1.807) is 0 Å². The minimum Gasteiger partial charge on any atom is -0.310 e. The van der Waals surface area contributed by atoms with Crippen LogP contribution in [0.2, 0.25) is 0 Å². The number of nitrogens with zero attached hydrogens (tertiary/aromatic N) is 1. The summed E-state index contributed by atoms with van der Waals surface area (Å²) in [5, 5.41) is 7.59. The predicted molar refractivity (Wildman–Crippen MR) is 251 cm³/mol. The highest BCUT2D eigenvalue weighted by Crippen LogP contribution is 2.43. The number of hydrogen-bond donors (Lipinski definition) is 0. The Hall–Kier alpha value is -7.26. The van der Waals surface area contributed by atoms with E-state index in [4.69, 9.17) is 0 Å². The number of fused-ring (bicyclic) bond motifs is 5. The van der Waals surface area contributed by atoms with Crippen LogP contribution in [0, 0.1) is 0 Å². The smallest absolute Gasteiger partial charge is 0.0468 e. The highest BCUT2D eigenvalue weighted by molar-refractivity contribution is 7.26. The van der Waals surface area contributed by atoms with Crippen molar-refractivity contribution in [2.75, 3.05) is 4.90 Å². The van der Waals surface area contributed by atoms with Gasteiger partial charge in [0.25, 0.3) is 0 Å².